The molecule has 0 bridgehead atoms. The maximum atomic E-state index is 5.45. The first-order valence-corrected chi connectivity index (χ1v) is 7.53. The summed E-state index contributed by atoms with van der Waals surface area (Å²) in [6.45, 7) is 4.61. The van der Waals surface area contributed by atoms with Gasteiger partial charge in [0, 0.05) is 17.8 Å². The van der Waals surface area contributed by atoms with E-state index < -0.39 is 0 Å². The Labute approximate surface area is 103 Å². The lowest BCUT2D eigenvalue weighted by atomic mass is 9.95. The smallest absolute Gasteiger partial charge is 0.170 e. The summed E-state index contributed by atoms with van der Waals surface area (Å²) in [6, 6.07) is 0.659. The second-order valence-corrected chi connectivity index (χ2v) is 5.98. The van der Waals surface area contributed by atoms with E-state index in [4.69, 9.17) is 9.47 Å². The normalized spacial score (nSPS) is 32.1. The molecule has 4 heteroatoms. The van der Waals surface area contributed by atoms with E-state index in [0.717, 1.165) is 25.0 Å². The molecule has 2 atom stereocenters. The van der Waals surface area contributed by atoms with Crippen molar-refractivity contribution in [2.45, 2.75) is 50.2 Å². The van der Waals surface area contributed by atoms with Crippen LogP contribution in [0.1, 0.15) is 32.6 Å². The first-order valence-electron chi connectivity index (χ1n) is 6.48. The Kier molecular flexibility index (Phi) is 5.42. The van der Waals surface area contributed by atoms with E-state index in [1.165, 1.54) is 31.4 Å². The van der Waals surface area contributed by atoms with Crippen LogP contribution in [0, 0.1) is 0 Å². The van der Waals surface area contributed by atoms with Crippen molar-refractivity contribution >= 4 is 11.8 Å². The van der Waals surface area contributed by atoms with Crippen LogP contribution in [0.5, 0.6) is 0 Å². The lowest BCUT2D eigenvalue weighted by Gasteiger charge is -2.32. The molecule has 1 heterocycles. The van der Waals surface area contributed by atoms with Gasteiger partial charge in [0.2, 0.25) is 0 Å². The monoisotopic (exact) mass is 245 g/mol. The molecular formula is C12H23NO2S. The predicted molar refractivity (Wildman–Crippen MR) is 67.9 cm³/mol. The minimum atomic E-state index is -0.00537. The molecule has 1 aliphatic carbocycles. The molecule has 16 heavy (non-hydrogen) atoms. The van der Waals surface area contributed by atoms with E-state index in [1.807, 2.05) is 0 Å². The summed E-state index contributed by atoms with van der Waals surface area (Å²) in [6.07, 6.45) is 5.43. The summed E-state index contributed by atoms with van der Waals surface area (Å²) in [5.41, 5.74) is 0. The van der Waals surface area contributed by atoms with Gasteiger partial charge in [0.25, 0.3) is 0 Å². The quantitative estimate of drug-likeness (QED) is 0.802. The van der Waals surface area contributed by atoms with Gasteiger partial charge in [-0.1, -0.05) is 19.8 Å². The molecular weight excluding hydrogens is 222 g/mol. The summed E-state index contributed by atoms with van der Waals surface area (Å²) in [4.78, 5) is 0. The van der Waals surface area contributed by atoms with Crippen molar-refractivity contribution in [3.63, 3.8) is 0 Å². The van der Waals surface area contributed by atoms with Crippen molar-refractivity contribution in [2.24, 2.45) is 0 Å². The molecule has 2 rings (SSSR count). The van der Waals surface area contributed by atoms with Crippen LogP contribution in [-0.2, 0) is 9.47 Å². The van der Waals surface area contributed by atoms with E-state index in [9.17, 15) is 0 Å². The zero-order chi connectivity index (χ0) is 11.2. The van der Waals surface area contributed by atoms with Crippen molar-refractivity contribution in [2.75, 3.05) is 25.5 Å². The van der Waals surface area contributed by atoms with Crippen LogP contribution < -0.4 is 5.32 Å². The van der Waals surface area contributed by atoms with Crippen molar-refractivity contribution in [3.05, 3.63) is 0 Å². The average molecular weight is 245 g/mol. The Bertz CT molecular complexity index is 195. The van der Waals surface area contributed by atoms with Gasteiger partial charge < -0.3 is 14.8 Å². The highest BCUT2D eigenvalue weighted by molar-refractivity contribution is 7.99. The van der Waals surface area contributed by atoms with Gasteiger partial charge in [-0.05, 0) is 18.6 Å². The van der Waals surface area contributed by atoms with Gasteiger partial charge in [0.1, 0.15) is 0 Å². The van der Waals surface area contributed by atoms with Gasteiger partial charge >= 0.3 is 0 Å². The second-order valence-electron chi connectivity index (χ2n) is 4.46. The Morgan fingerprint density at radius 3 is 2.69 bits per heavy atom. The third-order valence-electron chi connectivity index (χ3n) is 3.32. The molecule has 0 aromatic heterocycles. The van der Waals surface area contributed by atoms with E-state index >= 15 is 0 Å². The van der Waals surface area contributed by atoms with Crippen LogP contribution >= 0.6 is 11.8 Å². The van der Waals surface area contributed by atoms with Gasteiger partial charge in [0.05, 0.1) is 13.2 Å². The van der Waals surface area contributed by atoms with Gasteiger partial charge in [-0.2, -0.15) is 11.8 Å². The molecule has 0 aromatic carbocycles. The minimum absolute atomic E-state index is 0.00537. The maximum absolute atomic E-state index is 5.45. The highest BCUT2D eigenvalue weighted by atomic mass is 32.2. The summed E-state index contributed by atoms with van der Waals surface area (Å²) in [7, 11) is 0. The Balaban J connectivity index is 1.72. The molecule has 1 N–H and O–H groups in total. The Morgan fingerprint density at radius 2 is 1.94 bits per heavy atom. The first kappa shape index (κ1) is 12.7. The molecule has 0 unspecified atom stereocenters. The van der Waals surface area contributed by atoms with Crippen LogP contribution in [0.2, 0.25) is 0 Å². The van der Waals surface area contributed by atoms with Crippen LogP contribution in [0.4, 0.5) is 0 Å². The summed E-state index contributed by atoms with van der Waals surface area (Å²) < 4.78 is 10.9. The van der Waals surface area contributed by atoms with E-state index in [0.29, 0.717) is 6.04 Å². The van der Waals surface area contributed by atoms with Gasteiger partial charge in [-0.15, -0.1) is 0 Å². The molecule has 0 amide bonds. The van der Waals surface area contributed by atoms with Crippen molar-refractivity contribution in [1.82, 2.24) is 5.32 Å². The lowest BCUT2D eigenvalue weighted by molar-refractivity contribution is -0.0410. The average Bonchev–Trinajstić information content (AvgIpc) is 2.81. The van der Waals surface area contributed by atoms with Crippen molar-refractivity contribution < 1.29 is 9.47 Å². The molecule has 3 nitrogen and oxygen atoms in total. The Morgan fingerprint density at radius 1 is 1.19 bits per heavy atom. The molecule has 2 fully saturated rings. The maximum Gasteiger partial charge on any atom is 0.170 e. The number of ether oxygens (including phenoxy) is 2. The fourth-order valence-corrected chi connectivity index (χ4v) is 3.74. The topological polar surface area (TPSA) is 30.5 Å². The van der Waals surface area contributed by atoms with Gasteiger partial charge in [-0.25, -0.2) is 0 Å². The third-order valence-corrected chi connectivity index (χ3v) is 4.65. The summed E-state index contributed by atoms with van der Waals surface area (Å²) in [5, 5.41) is 4.42. The highest BCUT2D eigenvalue weighted by Gasteiger charge is 2.26. The van der Waals surface area contributed by atoms with Gasteiger partial charge in [0.15, 0.2) is 6.29 Å². The van der Waals surface area contributed by atoms with Crippen LogP contribution in [0.3, 0.4) is 0 Å². The number of nitrogens with one attached hydrogen (secondary N) is 1. The molecule has 2 aliphatic rings. The second kappa shape index (κ2) is 6.84. The largest absolute Gasteiger partial charge is 0.349 e. The van der Waals surface area contributed by atoms with E-state index in [-0.39, 0.29) is 6.29 Å². The van der Waals surface area contributed by atoms with Crippen LogP contribution in [-0.4, -0.2) is 43.1 Å². The molecule has 1 saturated carbocycles. The highest BCUT2D eigenvalue weighted by Crippen LogP contribution is 2.28. The fourth-order valence-electron chi connectivity index (χ4n) is 2.52. The predicted octanol–water partition coefficient (Wildman–Crippen LogP) is 2.01. The fraction of sp³-hybridized carbons (Fsp3) is 1.00. The summed E-state index contributed by atoms with van der Waals surface area (Å²) in [5.74, 6) is 1.22. The van der Waals surface area contributed by atoms with Crippen molar-refractivity contribution in [3.8, 4) is 0 Å². The van der Waals surface area contributed by atoms with E-state index in [2.05, 4.69) is 24.0 Å². The standard InChI is InChI=1S/C12H23NO2S/c1-2-16-11-6-4-3-5-10(11)13-9-12-14-7-8-15-12/h10-13H,2-9H2,1H3/t10-,11-/m1/s1. The summed E-state index contributed by atoms with van der Waals surface area (Å²) >= 11 is 2.10. The van der Waals surface area contributed by atoms with Crippen LogP contribution in [0.25, 0.3) is 0 Å². The SMILES string of the molecule is CCS[C@@H]1CCCC[C@H]1NCC1OCCO1. The molecule has 94 valence electrons. The number of rotatable bonds is 5. The molecule has 0 radical (unpaired) electrons. The zero-order valence-electron chi connectivity index (χ0n) is 10.1. The van der Waals surface area contributed by atoms with Crippen LogP contribution in [0.15, 0.2) is 0 Å². The molecule has 1 aliphatic heterocycles. The van der Waals surface area contributed by atoms with Gasteiger partial charge in [-0.3, -0.25) is 0 Å². The third kappa shape index (κ3) is 3.62. The number of hydrogen-bond donors (Lipinski definition) is 1. The number of thioether (sulfide) groups is 1. The first-order chi connectivity index (χ1) is 7.90. The molecule has 1 saturated heterocycles. The Hall–Kier alpha value is 0.230. The zero-order valence-corrected chi connectivity index (χ0v) is 10.9. The lowest BCUT2D eigenvalue weighted by Crippen LogP contribution is -2.44. The molecule has 0 aromatic rings. The van der Waals surface area contributed by atoms with Crippen molar-refractivity contribution in [1.29, 1.82) is 0 Å². The molecule has 0 spiro atoms. The van der Waals surface area contributed by atoms with E-state index in [1.54, 1.807) is 0 Å². The number of hydrogen-bond acceptors (Lipinski definition) is 4. The minimum Gasteiger partial charge on any atom is -0.349 e.